The molecule has 1 atom stereocenters. The van der Waals surface area contributed by atoms with Gasteiger partial charge in [0.05, 0.1) is 6.04 Å². The maximum absolute atomic E-state index is 5.86. The third kappa shape index (κ3) is 3.30. The molecule has 3 N–H and O–H groups in total. The minimum Gasteiger partial charge on any atom is -0.271 e. The molecule has 1 aromatic heterocycles. The third-order valence-corrected chi connectivity index (χ3v) is 4.03. The standard InChI is InChI=1S/C13H15ClN2S/c1-9-2-7-13(17-9)12(16-15)8-10-3-5-11(14)6-4-10/h2-7,12,16H,8,15H2,1H3. The third-order valence-electron chi connectivity index (χ3n) is 2.66. The average molecular weight is 267 g/mol. The van der Waals surface area contributed by atoms with Crippen molar-refractivity contribution in [1.82, 2.24) is 5.43 Å². The molecule has 0 fully saturated rings. The highest BCUT2D eigenvalue weighted by Gasteiger charge is 2.12. The number of halogens is 1. The van der Waals surface area contributed by atoms with Crippen LogP contribution in [0.2, 0.25) is 5.02 Å². The van der Waals surface area contributed by atoms with Gasteiger partial charge in [-0.25, -0.2) is 0 Å². The highest BCUT2D eigenvalue weighted by Crippen LogP contribution is 2.25. The molecule has 1 unspecified atom stereocenters. The molecule has 2 rings (SSSR count). The zero-order valence-electron chi connectivity index (χ0n) is 9.61. The summed E-state index contributed by atoms with van der Waals surface area (Å²) in [7, 11) is 0. The van der Waals surface area contributed by atoms with E-state index in [0.717, 1.165) is 11.4 Å². The van der Waals surface area contributed by atoms with Crippen LogP contribution in [0.3, 0.4) is 0 Å². The topological polar surface area (TPSA) is 38.0 Å². The summed E-state index contributed by atoms with van der Waals surface area (Å²) in [5, 5.41) is 0.762. The van der Waals surface area contributed by atoms with E-state index in [-0.39, 0.29) is 6.04 Å². The average Bonchev–Trinajstić information content (AvgIpc) is 2.75. The molecular weight excluding hydrogens is 252 g/mol. The van der Waals surface area contributed by atoms with Gasteiger partial charge in [0, 0.05) is 14.8 Å². The summed E-state index contributed by atoms with van der Waals surface area (Å²) in [5.74, 6) is 5.62. The van der Waals surface area contributed by atoms with Crippen LogP contribution in [0.1, 0.15) is 21.4 Å². The minimum atomic E-state index is 0.162. The molecule has 4 heteroatoms. The van der Waals surface area contributed by atoms with Crippen molar-refractivity contribution in [2.75, 3.05) is 0 Å². The van der Waals surface area contributed by atoms with Crippen LogP contribution in [-0.2, 0) is 6.42 Å². The van der Waals surface area contributed by atoms with Crippen LogP contribution in [-0.4, -0.2) is 0 Å². The van der Waals surface area contributed by atoms with Crippen molar-refractivity contribution < 1.29 is 0 Å². The maximum atomic E-state index is 5.86. The number of hydrazine groups is 1. The lowest BCUT2D eigenvalue weighted by molar-refractivity contribution is 0.560. The van der Waals surface area contributed by atoms with E-state index in [1.54, 1.807) is 11.3 Å². The Morgan fingerprint density at radius 3 is 2.47 bits per heavy atom. The van der Waals surface area contributed by atoms with E-state index < -0.39 is 0 Å². The van der Waals surface area contributed by atoms with Gasteiger partial charge in [0.15, 0.2) is 0 Å². The van der Waals surface area contributed by atoms with Gasteiger partial charge in [-0.05, 0) is 43.2 Å². The Kier molecular flexibility index (Phi) is 4.18. The summed E-state index contributed by atoms with van der Waals surface area (Å²) < 4.78 is 0. The van der Waals surface area contributed by atoms with E-state index in [2.05, 4.69) is 24.5 Å². The van der Waals surface area contributed by atoms with Crippen molar-refractivity contribution in [1.29, 1.82) is 0 Å². The monoisotopic (exact) mass is 266 g/mol. The van der Waals surface area contributed by atoms with Crippen LogP contribution in [0.15, 0.2) is 36.4 Å². The van der Waals surface area contributed by atoms with Crippen LogP contribution in [0.5, 0.6) is 0 Å². The Bertz CT molecular complexity index is 478. The second-order valence-corrected chi connectivity index (χ2v) is 5.75. The SMILES string of the molecule is Cc1ccc(C(Cc2ccc(Cl)cc2)NN)s1. The number of thiophene rings is 1. The van der Waals surface area contributed by atoms with Gasteiger partial charge in [0.1, 0.15) is 0 Å². The predicted octanol–water partition coefficient (Wildman–Crippen LogP) is 3.46. The van der Waals surface area contributed by atoms with Gasteiger partial charge >= 0.3 is 0 Å². The predicted molar refractivity (Wildman–Crippen MR) is 74.3 cm³/mol. The second kappa shape index (κ2) is 5.65. The summed E-state index contributed by atoms with van der Waals surface area (Å²) in [5.41, 5.74) is 4.10. The Labute approximate surface area is 110 Å². The van der Waals surface area contributed by atoms with Gasteiger partial charge in [0.2, 0.25) is 0 Å². The number of benzene rings is 1. The van der Waals surface area contributed by atoms with Gasteiger partial charge in [-0.2, -0.15) is 0 Å². The molecule has 0 aliphatic heterocycles. The van der Waals surface area contributed by atoms with Crippen LogP contribution in [0.25, 0.3) is 0 Å². The molecule has 0 spiro atoms. The van der Waals surface area contributed by atoms with Crippen LogP contribution < -0.4 is 11.3 Å². The maximum Gasteiger partial charge on any atom is 0.0593 e. The zero-order valence-corrected chi connectivity index (χ0v) is 11.2. The summed E-state index contributed by atoms with van der Waals surface area (Å²) >= 11 is 7.64. The van der Waals surface area contributed by atoms with Gasteiger partial charge in [-0.15, -0.1) is 11.3 Å². The van der Waals surface area contributed by atoms with Crippen molar-refractivity contribution in [3.8, 4) is 0 Å². The minimum absolute atomic E-state index is 0.162. The number of hydrogen-bond donors (Lipinski definition) is 2. The lowest BCUT2D eigenvalue weighted by Crippen LogP contribution is -2.28. The fourth-order valence-electron chi connectivity index (χ4n) is 1.74. The van der Waals surface area contributed by atoms with E-state index >= 15 is 0 Å². The number of aryl methyl sites for hydroxylation is 1. The Hall–Kier alpha value is -0.870. The first kappa shape index (κ1) is 12.6. The number of rotatable bonds is 4. The molecule has 0 saturated carbocycles. The van der Waals surface area contributed by atoms with E-state index in [4.69, 9.17) is 17.4 Å². The van der Waals surface area contributed by atoms with Crippen molar-refractivity contribution in [2.24, 2.45) is 5.84 Å². The number of hydrogen-bond acceptors (Lipinski definition) is 3. The molecule has 0 aliphatic rings. The molecule has 0 amide bonds. The lowest BCUT2D eigenvalue weighted by Gasteiger charge is -2.14. The van der Waals surface area contributed by atoms with Gasteiger partial charge < -0.3 is 0 Å². The molecule has 90 valence electrons. The smallest absolute Gasteiger partial charge is 0.0593 e. The largest absolute Gasteiger partial charge is 0.271 e. The molecule has 2 nitrogen and oxygen atoms in total. The first-order valence-electron chi connectivity index (χ1n) is 5.46. The Morgan fingerprint density at radius 2 is 1.94 bits per heavy atom. The molecule has 17 heavy (non-hydrogen) atoms. The first-order valence-corrected chi connectivity index (χ1v) is 6.65. The van der Waals surface area contributed by atoms with E-state index in [1.165, 1.54) is 15.3 Å². The fraction of sp³-hybridized carbons (Fsp3) is 0.231. The lowest BCUT2D eigenvalue weighted by atomic mass is 10.1. The van der Waals surface area contributed by atoms with Crippen molar-refractivity contribution >= 4 is 22.9 Å². The summed E-state index contributed by atoms with van der Waals surface area (Å²) in [6.45, 7) is 2.10. The van der Waals surface area contributed by atoms with Crippen molar-refractivity contribution in [3.05, 3.63) is 56.7 Å². The first-order chi connectivity index (χ1) is 8.19. The highest BCUT2D eigenvalue weighted by atomic mass is 35.5. The van der Waals surface area contributed by atoms with Gasteiger partial charge in [-0.1, -0.05) is 23.7 Å². The Morgan fingerprint density at radius 1 is 1.24 bits per heavy atom. The second-order valence-electron chi connectivity index (χ2n) is 4.00. The molecule has 2 aromatic rings. The quantitative estimate of drug-likeness (QED) is 0.657. The molecular formula is C13H15ClN2S. The number of nitrogens with two attached hydrogens (primary N) is 1. The normalized spacial score (nSPS) is 12.6. The summed E-state index contributed by atoms with van der Waals surface area (Å²) in [6, 6.07) is 12.3. The molecule has 1 heterocycles. The summed E-state index contributed by atoms with van der Waals surface area (Å²) in [4.78, 5) is 2.57. The van der Waals surface area contributed by atoms with Gasteiger partial charge in [0.25, 0.3) is 0 Å². The highest BCUT2D eigenvalue weighted by molar-refractivity contribution is 7.12. The van der Waals surface area contributed by atoms with Crippen LogP contribution >= 0.6 is 22.9 Å². The van der Waals surface area contributed by atoms with E-state index in [9.17, 15) is 0 Å². The molecule has 1 aromatic carbocycles. The summed E-state index contributed by atoms with van der Waals surface area (Å²) in [6.07, 6.45) is 0.869. The number of nitrogens with one attached hydrogen (secondary N) is 1. The van der Waals surface area contributed by atoms with E-state index in [0.29, 0.717) is 0 Å². The molecule has 0 bridgehead atoms. The van der Waals surface area contributed by atoms with Crippen molar-refractivity contribution in [2.45, 2.75) is 19.4 Å². The molecule has 0 saturated heterocycles. The fourth-order valence-corrected chi connectivity index (χ4v) is 2.80. The zero-order chi connectivity index (χ0) is 12.3. The Balaban J connectivity index is 2.12. The van der Waals surface area contributed by atoms with Crippen LogP contribution in [0.4, 0.5) is 0 Å². The van der Waals surface area contributed by atoms with Crippen molar-refractivity contribution in [3.63, 3.8) is 0 Å². The molecule has 0 aliphatic carbocycles. The van der Waals surface area contributed by atoms with Crippen LogP contribution in [0, 0.1) is 6.92 Å². The van der Waals surface area contributed by atoms with E-state index in [1.807, 2.05) is 24.3 Å². The molecule has 0 radical (unpaired) electrons. The van der Waals surface area contributed by atoms with Gasteiger partial charge in [-0.3, -0.25) is 11.3 Å².